The Morgan fingerprint density at radius 1 is 0.588 bits per heavy atom. The fourth-order valence-corrected chi connectivity index (χ4v) is 9.65. The molecule has 0 N–H and O–H groups in total. The Kier molecular flexibility index (Phi) is 11.5. The largest absolute Gasteiger partial charge is 0.296 e. The summed E-state index contributed by atoms with van der Waals surface area (Å²) in [6, 6.07) is 30.9. The van der Waals surface area contributed by atoms with E-state index in [4.69, 9.17) is 4.99 Å². The summed E-state index contributed by atoms with van der Waals surface area (Å²) in [6.07, 6.45) is 23.6. The first-order chi connectivity index (χ1) is 25.2. The molecule has 1 aliphatic heterocycles. The monoisotopic (exact) mass is 680 g/mol. The lowest BCUT2D eigenvalue weighted by Gasteiger charge is -2.52. The van der Waals surface area contributed by atoms with E-state index in [1.807, 2.05) is 42.5 Å². The molecule has 4 nitrogen and oxygen atoms in total. The summed E-state index contributed by atoms with van der Waals surface area (Å²) in [6.45, 7) is 3.02. The van der Waals surface area contributed by atoms with E-state index in [1.165, 1.54) is 101 Å². The van der Waals surface area contributed by atoms with Gasteiger partial charge in [-0.15, -0.1) is 0 Å². The molecule has 266 valence electrons. The highest BCUT2D eigenvalue weighted by atomic mass is 16.2. The van der Waals surface area contributed by atoms with Crippen LogP contribution in [0.4, 0.5) is 5.69 Å². The van der Waals surface area contributed by atoms with Crippen LogP contribution in [0.15, 0.2) is 96.0 Å². The molecule has 0 saturated carbocycles. The van der Waals surface area contributed by atoms with E-state index in [2.05, 4.69) is 61.7 Å². The van der Waals surface area contributed by atoms with Gasteiger partial charge in [-0.25, -0.2) is 4.90 Å². The molecule has 51 heavy (non-hydrogen) atoms. The zero-order valence-corrected chi connectivity index (χ0v) is 30.7. The summed E-state index contributed by atoms with van der Waals surface area (Å²) >= 11 is 0. The number of nitrogens with zero attached hydrogens (tertiary/aromatic N) is 2. The van der Waals surface area contributed by atoms with Crippen molar-refractivity contribution in [3.63, 3.8) is 0 Å². The predicted octanol–water partition coefficient (Wildman–Crippen LogP) is 11.7. The molecule has 0 aromatic heterocycles. The van der Waals surface area contributed by atoms with Gasteiger partial charge in [0.05, 0.1) is 22.9 Å². The third-order valence-corrected chi connectivity index (χ3v) is 12.1. The van der Waals surface area contributed by atoms with E-state index in [9.17, 15) is 9.59 Å². The maximum absolute atomic E-state index is 14.8. The summed E-state index contributed by atoms with van der Waals surface area (Å²) in [5.74, 6) is -1.36. The van der Waals surface area contributed by atoms with Gasteiger partial charge in [0.15, 0.2) is 0 Å². The molecule has 4 aliphatic rings. The number of hydrogen-bond acceptors (Lipinski definition) is 3. The first-order valence-corrected chi connectivity index (χ1v) is 20.2. The van der Waals surface area contributed by atoms with Gasteiger partial charge in [0, 0.05) is 24.1 Å². The molecule has 2 amide bonds. The lowest BCUT2D eigenvalue weighted by molar-refractivity contribution is -0.122. The summed E-state index contributed by atoms with van der Waals surface area (Å²) in [4.78, 5) is 36.1. The number of unbranched alkanes of at least 4 members (excludes halogenated alkanes) is 15. The minimum atomic E-state index is -0.784. The van der Waals surface area contributed by atoms with Gasteiger partial charge in [-0.3, -0.25) is 14.6 Å². The first kappa shape index (κ1) is 35.4. The van der Waals surface area contributed by atoms with Crippen molar-refractivity contribution in [2.45, 2.75) is 121 Å². The van der Waals surface area contributed by atoms with Crippen LogP contribution in [0.3, 0.4) is 0 Å². The number of benzene rings is 4. The second-order valence-electron chi connectivity index (χ2n) is 15.4. The fourth-order valence-electron chi connectivity index (χ4n) is 9.65. The van der Waals surface area contributed by atoms with Crippen LogP contribution in [-0.2, 0) is 15.0 Å². The van der Waals surface area contributed by atoms with Crippen molar-refractivity contribution in [3.8, 4) is 0 Å². The van der Waals surface area contributed by atoms with Crippen molar-refractivity contribution in [2.24, 2.45) is 16.8 Å². The van der Waals surface area contributed by atoms with Crippen molar-refractivity contribution in [1.82, 2.24) is 0 Å². The van der Waals surface area contributed by atoms with Crippen LogP contribution in [0.5, 0.6) is 0 Å². The molecule has 2 bridgehead atoms. The van der Waals surface area contributed by atoms with Crippen LogP contribution < -0.4 is 4.90 Å². The highest BCUT2D eigenvalue weighted by Crippen LogP contribution is 2.63. The van der Waals surface area contributed by atoms with E-state index >= 15 is 0 Å². The molecular formula is C47H56N2O2. The van der Waals surface area contributed by atoms with Gasteiger partial charge in [-0.05, 0) is 40.1 Å². The van der Waals surface area contributed by atoms with Gasteiger partial charge < -0.3 is 0 Å². The number of fused-ring (bicyclic) bond motifs is 1. The maximum Gasteiger partial charge on any atom is 0.239 e. The molecule has 4 aromatic carbocycles. The molecule has 0 spiro atoms. The number of aliphatic imine (C=N–C) groups is 1. The number of anilines is 1. The van der Waals surface area contributed by atoms with Crippen molar-refractivity contribution < 1.29 is 9.59 Å². The number of hydrogen-bond donors (Lipinski definition) is 0. The number of rotatable bonds is 19. The molecule has 1 heterocycles. The Morgan fingerprint density at radius 3 is 1.71 bits per heavy atom. The third kappa shape index (κ3) is 6.84. The van der Waals surface area contributed by atoms with Gasteiger partial charge in [-0.2, -0.15) is 0 Å². The Hall–Kier alpha value is -4.05. The molecular weight excluding hydrogens is 625 g/mol. The number of carbonyl (C=O) groups is 2. The molecule has 4 heteroatoms. The number of imide groups is 1. The SMILES string of the molecule is CCCCCCCCCCCCCCCCCCN=CC12c3ccccc3C(c3ccccc31)[C@@H]1C(=O)N(c3cccc4ccccc34)C(=O)[C@H]12. The molecule has 0 radical (unpaired) electrons. The Balaban J connectivity index is 1.01. The standard InChI is InChI=1S/C47H56N2O2/c1-2-3-4-5-6-7-8-9-10-11-12-13-14-15-16-23-33-48-34-47-39-30-21-19-28-37(39)42(38-29-20-22-31-40(38)47)43-44(47)46(51)49(45(43)50)41-32-24-26-35-25-17-18-27-36(35)41/h17-22,24-32,34,42-44H,2-16,23,33H2,1H3/t42?,43-,44-,47?/m0/s1. The lowest BCUT2D eigenvalue weighted by atomic mass is 9.47. The van der Waals surface area contributed by atoms with Crippen LogP contribution in [-0.4, -0.2) is 24.6 Å². The van der Waals surface area contributed by atoms with Gasteiger partial charge in [0.25, 0.3) is 0 Å². The van der Waals surface area contributed by atoms with Crippen LogP contribution in [0.25, 0.3) is 10.8 Å². The molecule has 1 fully saturated rings. The van der Waals surface area contributed by atoms with Crippen molar-refractivity contribution in [2.75, 3.05) is 11.4 Å². The Morgan fingerprint density at radius 2 is 1.10 bits per heavy atom. The molecule has 8 rings (SSSR count). The zero-order valence-electron chi connectivity index (χ0n) is 30.7. The average molecular weight is 681 g/mol. The molecule has 3 aliphatic carbocycles. The third-order valence-electron chi connectivity index (χ3n) is 12.1. The van der Waals surface area contributed by atoms with Crippen molar-refractivity contribution >= 4 is 34.5 Å². The molecule has 0 unspecified atom stereocenters. The van der Waals surface area contributed by atoms with Gasteiger partial charge >= 0.3 is 0 Å². The number of carbonyl (C=O) groups excluding carboxylic acids is 2. The second-order valence-corrected chi connectivity index (χ2v) is 15.4. The van der Waals surface area contributed by atoms with Crippen molar-refractivity contribution in [1.29, 1.82) is 0 Å². The van der Waals surface area contributed by atoms with E-state index in [-0.39, 0.29) is 17.7 Å². The normalized spacial score (nSPS) is 21.8. The van der Waals surface area contributed by atoms with Crippen LogP contribution in [0, 0.1) is 11.8 Å². The maximum atomic E-state index is 14.8. The van der Waals surface area contributed by atoms with Gasteiger partial charge in [0.2, 0.25) is 11.8 Å². The fraction of sp³-hybridized carbons (Fsp3) is 0.468. The minimum Gasteiger partial charge on any atom is -0.296 e. The zero-order chi connectivity index (χ0) is 35.0. The van der Waals surface area contributed by atoms with Crippen molar-refractivity contribution in [3.05, 3.63) is 113 Å². The summed E-state index contributed by atoms with van der Waals surface area (Å²) in [5, 5.41) is 1.95. The smallest absolute Gasteiger partial charge is 0.239 e. The first-order valence-electron chi connectivity index (χ1n) is 20.2. The number of amides is 2. The highest BCUT2D eigenvalue weighted by Gasteiger charge is 2.68. The van der Waals surface area contributed by atoms with Gasteiger partial charge in [0.1, 0.15) is 0 Å². The van der Waals surface area contributed by atoms with Crippen LogP contribution in [0.2, 0.25) is 0 Å². The predicted molar refractivity (Wildman–Crippen MR) is 212 cm³/mol. The quantitative estimate of drug-likeness (QED) is 0.0562. The van der Waals surface area contributed by atoms with Gasteiger partial charge in [-0.1, -0.05) is 188 Å². The molecule has 2 atom stereocenters. The van der Waals surface area contributed by atoms with Crippen LogP contribution >= 0.6 is 0 Å². The molecule has 4 aromatic rings. The second kappa shape index (κ2) is 16.5. The van der Waals surface area contributed by atoms with E-state index in [1.54, 1.807) is 0 Å². The minimum absolute atomic E-state index is 0.0917. The summed E-state index contributed by atoms with van der Waals surface area (Å²) in [7, 11) is 0. The molecule has 1 saturated heterocycles. The highest BCUT2D eigenvalue weighted by molar-refractivity contribution is 6.27. The Labute approximate surface area is 305 Å². The van der Waals surface area contributed by atoms with Crippen LogP contribution in [0.1, 0.15) is 138 Å². The lowest BCUT2D eigenvalue weighted by Crippen LogP contribution is -2.54. The average Bonchev–Trinajstić information content (AvgIpc) is 3.44. The topological polar surface area (TPSA) is 49.7 Å². The van der Waals surface area contributed by atoms with E-state index in [0.717, 1.165) is 46.0 Å². The van der Waals surface area contributed by atoms with E-state index < -0.39 is 17.3 Å². The summed E-state index contributed by atoms with van der Waals surface area (Å²) < 4.78 is 0. The summed E-state index contributed by atoms with van der Waals surface area (Å²) in [5.41, 5.74) is 4.48. The van der Waals surface area contributed by atoms with E-state index in [0.29, 0.717) is 5.69 Å². The Bertz CT molecular complexity index is 1790.